The molecule has 0 aliphatic rings. The molecule has 0 aliphatic heterocycles. The lowest BCUT2D eigenvalue weighted by Crippen LogP contribution is -0.856. The van der Waals surface area contributed by atoms with Gasteiger partial charge in [-0.25, -0.2) is 0 Å². The molecule has 0 spiro atoms. The van der Waals surface area contributed by atoms with Crippen LogP contribution in [-0.4, -0.2) is 16.8 Å². The molecular formula is C8H26B2. The monoisotopic (exact) mass is 146 g/mol. The number of hydrogen-bond donors (Lipinski definition) is 0. The summed E-state index contributed by atoms with van der Waals surface area (Å²) in [4.78, 5) is 0. The van der Waals surface area contributed by atoms with E-state index in [4.69, 9.17) is 2.74 Å². The van der Waals surface area contributed by atoms with Gasteiger partial charge < -0.3 is 0 Å². The van der Waals surface area contributed by atoms with Gasteiger partial charge in [-0.05, 0) is 0 Å². The molecule has 0 saturated heterocycles. The molecule has 0 rings (SSSR count). The van der Waals surface area contributed by atoms with E-state index in [-0.39, 0.29) is 16.8 Å². The molecule has 0 heterocycles. The van der Waals surface area contributed by atoms with Crippen LogP contribution in [0.1, 0.15) is 59.1 Å². The van der Waals surface area contributed by atoms with Crippen molar-refractivity contribution in [2.45, 2.75) is 56.3 Å². The molecule has 0 bridgehead atoms. The largest absolute Gasteiger partial charge is 0.0776 e. The first-order valence-corrected chi connectivity index (χ1v) is 3.00. The zero-order valence-electron chi connectivity index (χ0n) is 11.2. The van der Waals surface area contributed by atoms with Crippen LogP contribution < -0.4 is 0 Å². The molecule has 0 aromatic rings. The highest BCUT2D eigenvalue weighted by molar-refractivity contribution is 5.76. The van der Waals surface area contributed by atoms with E-state index in [1.54, 1.807) is 0 Å². The van der Waals surface area contributed by atoms with E-state index in [9.17, 15) is 0 Å². The van der Waals surface area contributed by atoms with Crippen LogP contribution in [0, 0.1) is 0 Å². The molecule has 0 nitrogen and oxygen atoms in total. The Morgan fingerprint density at radius 3 is 0.600 bits per heavy atom. The van der Waals surface area contributed by atoms with Crippen molar-refractivity contribution >= 4 is 16.8 Å². The molecule has 0 aromatic carbocycles. The van der Waals surface area contributed by atoms with Crippen molar-refractivity contribution in [1.29, 1.82) is 0 Å². The summed E-state index contributed by atoms with van der Waals surface area (Å²) < 4.78 is 11.5. The average molecular weight is 146 g/mol. The Balaban J connectivity index is -0.00000000500. The molecule has 0 amide bonds. The van der Waals surface area contributed by atoms with Crippen LogP contribution in [0.25, 0.3) is 0 Å². The minimum absolute atomic E-state index is 0. The quantitative estimate of drug-likeness (QED) is 0.458. The third kappa shape index (κ3) is 24500. The van der Waals surface area contributed by atoms with Gasteiger partial charge in [0.25, 0.3) is 0 Å². The van der Waals surface area contributed by atoms with Crippen LogP contribution in [0.2, 0.25) is 0 Å². The molecule has 6 radical (unpaired) electrons. The van der Waals surface area contributed by atoms with E-state index in [1.807, 2.05) is 41.5 Å². The molecule has 0 saturated carbocycles. The Bertz CT molecular complexity index is 15.0. The standard InChI is InChI=1S/3C2H6.2CH4.2B/c3*1-2;;;;/h3*1-2H3;2*1H4;;/i;;;2*1D;;. The molecule has 0 aliphatic carbocycles. The Hall–Kier alpha value is 0.130. The lowest BCUT2D eigenvalue weighted by atomic mass is 10.8. The lowest BCUT2D eigenvalue weighted by molar-refractivity contribution is 1.50. The summed E-state index contributed by atoms with van der Waals surface area (Å²) in [5.74, 6) is 0. The Kier molecular flexibility index (Phi) is 115000. The van der Waals surface area contributed by atoms with Gasteiger partial charge in [0, 0.05) is 19.6 Å². The zero-order chi connectivity index (χ0) is 10.0. The normalized spacial score (nSPS) is 3.20. The molecular weight excluding hydrogens is 118 g/mol. The van der Waals surface area contributed by atoms with Gasteiger partial charge in [0.1, 0.15) is 0 Å². The molecule has 64 valence electrons. The minimum atomic E-state index is 0. The molecule has 2 heteroatoms. The molecule has 0 fully saturated rings. The predicted octanol–water partition coefficient (Wildman–Crippen LogP) is 3.59. The first-order chi connectivity index (χ1) is 5.00. The Morgan fingerprint density at radius 1 is 0.600 bits per heavy atom. The highest BCUT2D eigenvalue weighted by Crippen LogP contribution is 1.15. The van der Waals surface area contributed by atoms with Crippen molar-refractivity contribution in [1.82, 2.24) is 0 Å². The average Bonchev–Trinajstić information content (AvgIpc) is 2.20. The maximum Gasteiger partial charge on any atom is 0.0194 e. The molecule has 0 N–H and O–H groups in total. The Labute approximate surface area is 76.8 Å². The van der Waals surface area contributed by atoms with Gasteiger partial charge in [0.2, 0.25) is 0 Å². The van der Waals surface area contributed by atoms with Crippen molar-refractivity contribution in [3.05, 3.63) is 0 Å². The van der Waals surface area contributed by atoms with E-state index in [1.165, 1.54) is 14.8 Å². The van der Waals surface area contributed by atoms with E-state index in [0.29, 0.717) is 0 Å². The maximum atomic E-state index is 5.75. The highest BCUT2D eigenvalue weighted by atomic mass is 13.0. The fraction of sp³-hybridized carbons (Fsp3) is 1.00. The third-order valence-electron chi connectivity index (χ3n) is 0. The van der Waals surface area contributed by atoms with Crippen LogP contribution in [0.3, 0.4) is 0 Å². The van der Waals surface area contributed by atoms with E-state index < -0.39 is 0 Å². The van der Waals surface area contributed by atoms with Gasteiger partial charge >= 0.3 is 0 Å². The summed E-state index contributed by atoms with van der Waals surface area (Å²) in [6, 6.07) is 0. The van der Waals surface area contributed by atoms with Gasteiger partial charge in [-0.3, -0.25) is 0 Å². The number of hydrogen-bond acceptors (Lipinski definition) is 0. The SMILES string of the molecule is CC.CC.CC.[2H]C.[2H]C.[B].[B]. The summed E-state index contributed by atoms with van der Waals surface area (Å²) >= 11 is 0. The van der Waals surface area contributed by atoms with Crippen LogP contribution in [-0.2, 0) is 0 Å². The maximum absolute atomic E-state index is 5.75. The van der Waals surface area contributed by atoms with Gasteiger partial charge in [-0.2, -0.15) is 0 Å². The first-order valence-electron chi connectivity index (χ1n) is 5.00. The first kappa shape index (κ1) is 32.1. The van der Waals surface area contributed by atoms with Crippen LogP contribution in [0.5, 0.6) is 0 Å². The fourth-order valence-corrected chi connectivity index (χ4v) is 0. The highest BCUT2D eigenvalue weighted by Gasteiger charge is 0.936. The van der Waals surface area contributed by atoms with Gasteiger partial charge in [0.05, 0.1) is 0 Å². The smallest absolute Gasteiger partial charge is 0.0194 e. The van der Waals surface area contributed by atoms with Crippen molar-refractivity contribution in [2.24, 2.45) is 0 Å². The predicted molar refractivity (Wildman–Crippen MR) is 59.0 cm³/mol. The second-order valence-corrected chi connectivity index (χ2v) is 0. The van der Waals surface area contributed by atoms with Crippen molar-refractivity contribution < 1.29 is 2.74 Å². The van der Waals surface area contributed by atoms with Gasteiger partial charge in [0.15, 0.2) is 0 Å². The fourth-order valence-electron chi connectivity index (χ4n) is 0. The van der Waals surface area contributed by atoms with E-state index >= 15 is 0 Å². The van der Waals surface area contributed by atoms with Crippen molar-refractivity contribution in [3.8, 4) is 0 Å². The summed E-state index contributed by atoms with van der Waals surface area (Å²) in [5, 5.41) is 0. The van der Waals surface area contributed by atoms with E-state index in [2.05, 4.69) is 0 Å². The number of rotatable bonds is 0. The third-order valence-corrected chi connectivity index (χ3v) is 0. The molecule has 0 aromatic heterocycles. The van der Waals surface area contributed by atoms with Gasteiger partial charge in [-0.1, -0.05) is 56.3 Å². The van der Waals surface area contributed by atoms with Gasteiger partial charge in [-0.15, -0.1) is 0 Å². The Morgan fingerprint density at radius 2 is 0.600 bits per heavy atom. The van der Waals surface area contributed by atoms with E-state index in [0.717, 1.165) is 0 Å². The molecule has 0 unspecified atom stereocenters. The van der Waals surface area contributed by atoms with Crippen LogP contribution in [0.4, 0.5) is 0 Å². The second-order valence-electron chi connectivity index (χ2n) is 0. The topological polar surface area (TPSA) is 0 Å². The van der Waals surface area contributed by atoms with Crippen LogP contribution in [0.15, 0.2) is 0 Å². The minimum Gasteiger partial charge on any atom is -0.0776 e. The summed E-state index contributed by atoms with van der Waals surface area (Å²) in [6.07, 6.45) is 0. The molecule has 0 atom stereocenters. The van der Waals surface area contributed by atoms with Crippen molar-refractivity contribution in [2.75, 3.05) is 0 Å². The van der Waals surface area contributed by atoms with Crippen molar-refractivity contribution in [3.63, 3.8) is 0 Å². The molecule has 10 heavy (non-hydrogen) atoms. The summed E-state index contributed by atoms with van der Waals surface area (Å²) in [7, 11) is 2.50. The lowest BCUT2D eigenvalue weighted by Gasteiger charge is -1.07. The summed E-state index contributed by atoms with van der Waals surface area (Å²) in [6.45, 7) is 12.0. The second kappa shape index (κ2) is 35800. The zero-order valence-corrected chi connectivity index (χ0v) is 9.15. The van der Waals surface area contributed by atoms with Crippen LogP contribution >= 0.6 is 0 Å². The summed E-state index contributed by atoms with van der Waals surface area (Å²) in [5.41, 5.74) is 0.